The number of aliphatic imine (C=N–C) groups is 1. The number of fused-ring (bicyclic) bond motifs is 1. The summed E-state index contributed by atoms with van der Waals surface area (Å²) >= 11 is 3.65. The number of hydrogen-bond donors (Lipinski definition) is 3. The van der Waals surface area contributed by atoms with Gasteiger partial charge in [-0.05, 0) is 32.0 Å². The number of ether oxygens (including phenoxy) is 1. The number of aromatic nitrogens is 1. The zero-order valence-corrected chi connectivity index (χ0v) is 21.7. The Bertz CT molecular complexity index is 1150. The first-order valence-corrected chi connectivity index (χ1v) is 13.3. The minimum atomic E-state index is -0.989. The molecule has 4 atom stereocenters. The van der Waals surface area contributed by atoms with Gasteiger partial charge in [-0.1, -0.05) is 35.0 Å². The second-order valence-electron chi connectivity index (χ2n) is 9.47. The highest BCUT2D eigenvalue weighted by molar-refractivity contribution is 9.10. The topological polar surface area (TPSA) is 67.9 Å². The number of H-pyrrole nitrogens is 1. The lowest BCUT2D eigenvalue weighted by molar-refractivity contribution is -0.00204. The Kier molecular flexibility index (Phi) is 7.55. The van der Waals surface area contributed by atoms with Gasteiger partial charge in [0.15, 0.2) is 0 Å². The quantitative estimate of drug-likeness (QED) is 0.487. The zero-order valence-electron chi connectivity index (χ0n) is 20.2. The van der Waals surface area contributed by atoms with Crippen LogP contribution in [0.3, 0.4) is 0 Å². The first kappa shape index (κ1) is 24.8. The Hall–Kier alpha value is -1.85. The van der Waals surface area contributed by atoms with Gasteiger partial charge in [0.2, 0.25) is 0 Å². The molecule has 4 aliphatic rings. The van der Waals surface area contributed by atoms with E-state index < -0.39 is 24.0 Å². The monoisotopic (exact) mass is 550 g/mol. The Morgan fingerprint density at radius 3 is 2.77 bits per heavy atom. The molecule has 2 aliphatic carbocycles. The van der Waals surface area contributed by atoms with Gasteiger partial charge in [0, 0.05) is 55.3 Å². The maximum absolute atomic E-state index is 15.1. The lowest BCUT2D eigenvalue weighted by Gasteiger charge is -2.38. The Labute approximate surface area is 212 Å². The summed E-state index contributed by atoms with van der Waals surface area (Å²) in [4.78, 5) is 12.1. The third-order valence-corrected chi connectivity index (χ3v) is 8.09. The van der Waals surface area contributed by atoms with Crippen LogP contribution in [-0.4, -0.2) is 83.2 Å². The van der Waals surface area contributed by atoms with E-state index in [9.17, 15) is 4.39 Å². The predicted octanol–water partition coefficient (Wildman–Crippen LogP) is 1.76. The Morgan fingerprint density at radius 2 is 2.06 bits per heavy atom. The number of piperazine rings is 1. The fraction of sp³-hybridized carbons (Fsp3) is 0.560. The van der Waals surface area contributed by atoms with Gasteiger partial charge in [-0.15, -0.1) is 0 Å². The number of halogens is 3. The van der Waals surface area contributed by atoms with Gasteiger partial charge in [-0.2, -0.15) is 0 Å². The third kappa shape index (κ3) is 5.32. The van der Waals surface area contributed by atoms with Crippen LogP contribution in [0.4, 0.5) is 8.78 Å². The summed E-state index contributed by atoms with van der Waals surface area (Å²) in [5.41, 5.74) is 1.70. The SMILES string of the molecule is CCN1CCN(C2C=CC(NC3=NCNC(OC4CC(F)=c5[nH]c(C)cc5=C4F)C3Br)=CC2)CC1. The van der Waals surface area contributed by atoms with Crippen molar-refractivity contribution in [3.05, 3.63) is 46.3 Å². The number of alkyl halides is 1. The Morgan fingerprint density at radius 1 is 1.26 bits per heavy atom. The minimum Gasteiger partial charge on any atom is -0.356 e. The zero-order chi connectivity index (χ0) is 24.5. The highest BCUT2D eigenvalue weighted by Crippen LogP contribution is 2.25. The predicted molar refractivity (Wildman–Crippen MR) is 138 cm³/mol. The van der Waals surface area contributed by atoms with E-state index in [2.05, 4.69) is 71.5 Å². The van der Waals surface area contributed by atoms with E-state index >= 15 is 4.39 Å². The van der Waals surface area contributed by atoms with Gasteiger partial charge >= 0.3 is 0 Å². The van der Waals surface area contributed by atoms with Crippen LogP contribution in [0.2, 0.25) is 0 Å². The maximum Gasteiger partial charge on any atom is 0.139 e. The van der Waals surface area contributed by atoms with Crippen molar-refractivity contribution in [1.29, 1.82) is 0 Å². The van der Waals surface area contributed by atoms with E-state index in [1.807, 2.05) is 0 Å². The van der Waals surface area contributed by atoms with Gasteiger partial charge in [-0.3, -0.25) is 15.2 Å². The molecular formula is C25H33BrF2N6O. The molecule has 1 aromatic rings. The van der Waals surface area contributed by atoms with Gasteiger partial charge in [0.1, 0.15) is 34.6 Å². The standard InChI is InChI=1S/C25H33BrF2N6O/c1-3-33-8-10-34(11-9-33)17-6-4-16(5-7-17)32-24-21(26)25(30-14-29-24)35-20-13-19(27)23-18(22(20)28)12-15(2)31-23/h4-6,12,17,20-21,25,30-31H,3,7-11,13-14H2,1-2H3,(H,29,32). The average Bonchev–Trinajstić information content (AvgIpc) is 3.28. The number of nitrogens with zero attached hydrogens (tertiary/aromatic N) is 3. The van der Waals surface area contributed by atoms with Gasteiger partial charge in [0.25, 0.3) is 0 Å². The highest BCUT2D eigenvalue weighted by atomic mass is 79.9. The molecule has 0 spiro atoms. The molecule has 2 aliphatic heterocycles. The summed E-state index contributed by atoms with van der Waals surface area (Å²) in [6, 6.07) is 2.04. The molecule has 5 rings (SSSR count). The molecule has 1 fully saturated rings. The number of allylic oxidation sites excluding steroid dienone is 1. The number of likely N-dealkylation sites (N-methyl/N-ethyl adjacent to an activating group) is 1. The molecule has 190 valence electrons. The summed E-state index contributed by atoms with van der Waals surface area (Å²) < 4.78 is 35.7. The van der Waals surface area contributed by atoms with E-state index in [1.54, 1.807) is 13.0 Å². The van der Waals surface area contributed by atoms with Gasteiger partial charge in [-0.25, -0.2) is 8.78 Å². The number of hydrogen-bond acceptors (Lipinski definition) is 6. The summed E-state index contributed by atoms with van der Waals surface area (Å²) in [6.07, 6.45) is 5.82. The van der Waals surface area contributed by atoms with Crippen molar-refractivity contribution in [1.82, 2.24) is 25.4 Å². The van der Waals surface area contributed by atoms with E-state index in [-0.39, 0.29) is 21.8 Å². The summed E-state index contributed by atoms with van der Waals surface area (Å²) in [6.45, 7) is 9.87. The van der Waals surface area contributed by atoms with Crippen molar-refractivity contribution in [3.8, 4) is 0 Å². The molecule has 1 aromatic heterocycles. The van der Waals surface area contributed by atoms with Crippen molar-refractivity contribution >= 4 is 33.4 Å². The van der Waals surface area contributed by atoms with Crippen LogP contribution in [0.25, 0.3) is 11.7 Å². The van der Waals surface area contributed by atoms with Crippen LogP contribution < -0.4 is 21.2 Å². The molecule has 3 N–H and O–H groups in total. The summed E-state index contributed by atoms with van der Waals surface area (Å²) in [7, 11) is 0. The van der Waals surface area contributed by atoms with E-state index in [1.165, 1.54) is 0 Å². The lowest BCUT2D eigenvalue weighted by atomic mass is 10.0. The number of rotatable bonds is 5. The van der Waals surface area contributed by atoms with Crippen molar-refractivity contribution in [2.45, 2.75) is 49.9 Å². The molecular weight excluding hydrogens is 518 g/mol. The molecule has 3 heterocycles. The van der Waals surface area contributed by atoms with Crippen molar-refractivity contribution in [3.63, 3.8) is 0 Å². The van der Waals surface area contributed by atoms with Gasteiger partial charge < -0.3 is 19.9 Å². The molecule has 0 amide bonds. The van der Waals surface area contributed by atoms with Crippen LogP contribution >= 0.6 is 15.9 Å². The second-order valence-corrected chi connectivity index (χ2v) is 10.5. The fourth-order valence-corrected chi connectivity index (χ4v) is 5.69. The van der Waals surface area contributed by atoms with Crippen molar-refractivity contribution < 1.29 is 13.5 Å². The lowest BCUT2D eigenvalue weighted by Crippen LogP contribution is -2.53. The smallest absolute Gasteiger partial charge is 0.139 e. The molecule has 0 radical (unpaired) electrons. The van der Waals surface area contributed by atoms with Crippen LogP contribution in [0.1, 0.15) is 25.5 Å². The normalized spacial score (nSPS) is 30.2. The Balaban J connectivity index is 1.19. The highest BCUT2D eigenvalue weighted by Gasteiger charge is 2.34. The van der Waals surface area contributed by atoms with Crippen LogP contribution in [0, 0.1) is 6.92 Å². The largest absolute Gasteiger partial charge is 0.356 e. The average molecular weight is 551 g/mol. The molecule has 0 bridgehead atoms. The molecule has 0 saturated carbocycles. The number of amidine groups is 1. The van der Waals surface area contributed by atoms with Gasteiger partial charge in [0.05, 0.1) is 12.0 Å². The van der Waals surface area contributed by atoms with Crippen molar-refractivity contribution in [2.75, 3.05) is 39.4 Å². The van der Waals surface area contributed by atoms with Crippen LogP contribution in [0.5, 0.6) is 0 Å². The summed E-state index contributed by atoms with van der Waals surface area (Å²) in [5, 5.41) is 7.00. The molecule has 4 unspecified atom stereocenters. The molecule has 0 aromatic carbocycles. The summed E-state index contributed by atoms with van der Waals surface area (Å²) in [5.74, 6) is -0.136. The second kappa shape index (κ2) is 10.6. The van der Waals surface area contributed by atoms with E-state index in [0.717, 1.165) is 44.8 Å². The molecule has 7 nitrogen and oxygen atoms in total. The molecule has 10 heteroatoms. The third-order valence-electron chi connectivity index (χ3n) is 7.18. The first-order chi connectivity index (χ1) is 16.9. The fourth-order valence-electron chi connectivity index (χ4n) is 5.12. The number of nitrogens with one attached hydrogen (secondary N) is 3. The molecule has 1 saturated heterocycles. The van der Waals surface area contributed by atoms with Crippen molar-refractivity contribution in [2.24, 2.45) is 4.99 Å². The maximum atomic E-state index is 15.1. The van der Waals surface area contributed by atoms with Crippen LogP contribution in [0.15, 0.2) is 35.0 Å². The van der Waals surface area contributed by atoms with E-state index in [4.69, 9.17) is 4.74 Å². The molecule has 35 heavy (non-hydrogen) atoms. The van der Waals surface area contributed by atoms with Crippen LogP contribution in [-0.2, 0) is 4.74 Å². The van der Waals surface area contributed by atoms with E-state index in [0.29, 0.717) is 24.2 Å². The first-order valence-electron chi connectivity index (χ1n) is 12.4. The number of aryl methyl sites for hydroxylation is 1. The number of aromatic amines is 1. The minimum absolute atomic E-state index is 0.140.